The van der Waals surface area contributed by atoms with E-state index in [4.69, 9.17) is 0 Å². The summed E-state index contributed by atoms with van der Waals surface area (Å²) >= 11 is 1.84. The van der Waals surface area contributed by atoms with E-state index in [-0.39, 0.29) is 0 Å². The van der Waals surface area contributed by atoms with Crippen LogP contribution in [0, 0.1) is 0 Å². The normalized spacial score (nSPS) is 10.2. The Morgan fingerprint density at radius 2 is 2.50 bits per heavy atom. The Labute approximate surface area is 65.7 Å². The molecule has 0 aliphatic heterocycles. The zero-order valence-electron chi connectivity index (χ0n) is 6.42. The molecule has 0 aliphatic rings. The predicted octanol–water partition coefficient (Wildman–Crippen LogP) is 1.19. The zero-order chi connectivity index (χ0) is 7.40. The van der Waals surface area contributed by atoms with Crippen molar-refractivity contribution in [2.24, 2.45) is 0 Å². The largest absolute Gasteiger partial charge is 0.264 e. The van der Waals surface area contributed by atoms with E-state index in [9.17, 15) is 0 Å². The van der Waals surface area contributed by atoms with Crippen LogP contribution in [0.3, 0.4) is 0 Å². The van der Waals surface area contributed by atoms with E-state index >= 15 is 0 Å². The van der Waals surface area contributed by atoms with Crippen LogP contribution in [0.15, 0.2) is 12.4 Å². The summed E-state index contributed by atoms with van der Waals surface area (Å²) in [7, 11) is 0. The number of aromatic amines is 1. The molecule has 1 N–H and O–H groups in total. The van der Waals surface area contributed by atoms with E-state index < -0.39 is 0 Å². The van der Waals surface area contributed by atoms with Gasteiger partial charge in [0, 0.05) is 0 Å². The molecular weight excluding hydrogens is 144 g/mol. The average Bonchev–Trinajstić information content (AvgIpc) is 2.36. The number of imidazole rings is 1. The fraction of sp³-hybridized carbons (Fsp3) is 0.571. The van der Waals surface area contributed by atoms with Crippen molar-refractivity contribution in [3.8, 4) is 0 Å². The first-order chi connectivity index (χ1) is 4.88. The highest BCUT2D eigenvalue weighted by atomic mass is 32.2. The summed E-state index contributed by atoms with van der Waals surface area (Å²) < 4.78 is 2.22. The number of aromatic nitrogens is 2. The molecule has 0 saturated carbocycles. The molecule has 0 amide bonds. The first-order valence-electron chi connectivity index (χ1n) is 3.43. The molecule has 0 unspecified atom stereocenters. The fourth-order valence-electron chi connectivity index (χ4n) is 0.954. The SMILES string of the molecule is CC[n+]1cc[nH]c1CSC. The Morgan fingerprint density at radius 1 is 1.70 bits per heavy atom. The zero-order valence-corrected chi connectivity index (χ0v) is 7.24. The maximum absolute atomic E-state index is 3.20. The Kier molecular flexibility index (Phi) is 2.81. The van der Waals surface area contributed by atoms with Gasteiger partial charge in [-0.3, -0.25) is 0 Å². The van der Waals surface area contributed by atoms with Crippen molar-refractivity contribution in [2.45, 2.75) is 19.2 Å². The van der Waals surface area contributed by atoms with E-state index in [2.05, 4.69) is 28.9 Å². The van der Waals surface area contributed by atoms with Crippen molar-refractivity contribution in [3.05, 3.63) is 18.2 Å². The molecule has 2 nitrogen and oxygen atoms in total. The number of hydrogen-bond donors (Lipinski definition) is 1. The molecule has 1 aromatic rings. The Bertz CT molecular complexity index is 195. The second kappa shape index (κ2) is 3.66. The maximum atomic E-state index is 3.20. The van der Waals surface area contributed by atoms with Crippen molar-refractivity contribution in [1.82, 2.24) is 4.98 Å². The van der Waals surface area contributed by atoms with E-state index in [1.54, 1.807) is 0 Å². The van der Waals surface area contributed by atoms with E-state index in [0.29, 0.717) is 0 Å². The number of nitrogens with one attached hydrogen (secondary N) is 1. The number of hydrogen-bond acceptors (Lipinski definition) is 1. The second-order valence-corrected chi connectivity index (χ2v) is 2.99. The molecule has 0 atom stereocenters. The molecule has 0 saturated heterocycles. The van der Waals surface area contributed by atoms with Crippen LogP contribution in [-0.2, 0) is 12.3 Å². The van der Waals surface area contributed by atoms with Crippen molar-refractivity contribution in [3.63, 3.8) is 0 Å². The molecule has 0 aromatic carbocycles. The molecule has 0 spiro atoms. The van der Waals surface area contributed by atoms with E-state index in [0.717, 1.165) is 12.3 Å². The summed E-state index contributed by atoms with van der Waals surface area (Å²) in [4.78, 5) is 3.20. The van der Waals surface area contributed by atoms with Gasteiger partial charge in [-0.25, -0.2) is 9.55 Å². The van der Waals surface area contributed by atoms with Gasteiger partial charge in [-0.05, 0) is 13.2 Å². The lowest BCUT2D eigenvalue weighted by molar-refractivity contribution is -0.698. The lowest BCUT2D eigenvalue weighted by atomic mass is 10.6. The van der Waals surface area contributed by atoms with Crippen LogP contribution in [0.25, 0.3) is 0 Å². The minimum absolute atomic E-state index is 1.05. The molecule has 3 heteroatoms. The van der Waals surface area contributed by atoms with Crippen molar-refractivity contribution < 1.29 is 4.57 Å². The van der Waals surface area contributed by atoms with Gasteiger partial charge in [0.2, 0.25) is 0 Å². The predicted molar refractivity (Wildman–Crippen MR) is 43.9 cm³/mol. The van der Waals surface area contributed by atoms with Crippen LogP contribution in [0.5, 0.6) is 0 Å². The van der Waals surface area contributed by atoms with Gasteiger partial charge in [0.15, 0.2) is 0 Å². The van der Waals surface area contributed by atoms with Gasteiger partial charge >= 0.3 is 0 Å². The Hall–Kier alpha value is -0.440. The highest BCUT2D eigenvalue weighted by molar-refractivity contribution is 7.97. The van der Waals surface area contributed by atoms with Crippen LogP contribution in [0.4, 0.5) is 0 Å². The van der Waals surface area contributed by atoms with Gasteiger partial charge in [0.1, 0.15) is 12.4 Å². The van der Waals surface area contributed by atoms with Gasteiger partial charge in [-0.1, -0.05) is 0 Å². The number of aryl methyl sites for hydroxylation is 1. The quantitative estimate of drug-likeness (QED) is 0.653. The molecule has 0 aliphatic carbocycles. The van der Waals surface area contributed by atoms with Gasteiger partial charge in [-0.2, -0.15) is 11.8 Å². The maximum Gasteiger partial charge on any atom is 0.264 e. The fourth-order valence-corrected chi connectivity index (χ4v) is 1.48. The van der Waals surface area contributed by atoms with Gasteiger partial charge in [0.25, 0.3) is 5.82 Å². The van der Waals surface area contributed by atoms with Crippen LogP contribution in [-0.4, -0.2) is 11.2 Å². The van der Waals surface area contributed by atoms with Crippen LogP contribution in [0.2, 0.25) is 0 Å². The number of H-pyrrole nitrogens is 1. The van der Waals surface area contributed by atoms with Crippen LogP contribution >= 0.6 is 11.8 Å². The van der Waals surface area contributed by atoms with Gasteiger partial charge in [-0.15, -0.1) is 0 Å². The van der Waals surface area contributed by atoms with E-state index in [1.807, 2.05) is 18.0 Å². The minimum Gasteiger partial charge on any atom is -0.247 e. The molecule has 1 heterocycles. The summed E-state index contributed by atoms with van der Waals surface area (Å²) in [6.07, 6.45) is 6.17. The first-order valence-corrected chi connectivity index (χ1v) is 4.82. The topological polar surface area (TPSA) is 19.7 Å². The summed E-state index contributed by atoms with van der Waals surface area (Å²) in [5.41, 5.74) is 0. The monoisotopic (exact) mass is 157 g/mol. The second-order valence-electron chi connectivity index (χ2n) is 2.13. The van der Waals surface area contributed by atoms with E-state index in [1.165, 1.54) is 5.82 Å². The third kappa shape index (κ3) is 1.53. The molecule has 10 heavy (non-hydrogen) atoms. The molecule has 1 rings (SSSR count). The van der Waals surface area contributed by atoms with Crippen molar-refractivity contribution in [2.75, 3.05) is 6.26 Å². The Morgan fingerprint density at radius 3 is 3.10 bits per heavy atom. The highest BCUT2D eigenvalue weighted by Gasteiger charge is 2.05. The minimum atomic E-state index is 1.05. The molecule has 1 aromatic heterocycles. The highest BCUT2D eigenvalue weighted by Crippen LogP contribution is 2.00. The van der Waals surface area contributed by atoms with Crippen molar-refractivity contribution >= 4 is 11.8 Å². The number of nitrogens with zero attached hydrogens (tertiary/aromatic N) is 1. The summed E-state index contributed by atoms with van der Waals surface area (Å²) in [6.45, 7) is 3.21. The summed E-state index contributed by atoms with van der Waals surface area (Å²) in [5, 5.41) is 0. The first kappa shape index (κ1) is 7.66. The third-order valence-electron chi connectivity index (χ3n) is 1.47. The smallest absolute Gasteiger partial charge is 0.247 e. The average molecular weight is 157 g/mol. The standard InChI is InChI=1S/C7H12N2S/c1-3-9-5-4-8-7(9)6-10-2/h4-5H,3,6H2,1-2H3/p+1. The summed E-state index contributed by atoms with van der Waals surface area (Å²) in [5.74, 6) is 2.37. The summed E-state index contributed by atoms with van der Waals surface area (Å²) in [6, 6.07) is 0. The molecule has 0 fully saturated rings. The molecule has 0 bridgehead atoms. The molecule has 56 valence electrons. The number of rotatable bonds is 3. The van der Waals surface area contributed by atoms with Crippen molar-refractivity contribution in [1.29, 1.82) is 0 Å². The lowest BCUT2D eigenvalue weighted by Crippen LogP contribution is -2.34. The Balaban J connectivity index is 2.70. The third-order valence-corrected chi connectivity index (χ3v) is 2.03. The number of thioether (sulfide) groups is 1. The van der Waals surface area contributed by atoms with Crippen LogP contribution in [0.1, 0.15) is 12.7 Å². The molecular formula is C7H13N2S+. The van der Waals surface area contributed by atoms with Crippen LogP contribution < -0.4 is 4.57 Å². The lowest BCUT2D eigenvalue weighted by Gasteiger charge is -1.92. The van der Waals surface area contributed by atoms with Gasteiger partial charge in [0.05, 0.1) is 12.3 Å². The van der Waals surface area contributed by atoms with Gasteiger partial charge < -0.3 is 0 Å². The molecule has 0 radical (unpaired) electrons.